The molecule has 3 nitrogen and oxygen atoms in total. The van der Waals surface area contributed by atoms with Gasteiger partial charge in [-0.1, -0.05) is 18.2 Å². The predicted molar refractivity (Wildman–Crippen MR) is 91.6 cm³/mol. The minimum absolute atomic E-state index is 0.147. The van der Waals surface area contributed by atoms with Crippen LogP contribution in [0.1, 0.15) is 29.7 Å². The van der Waals surface area contributed by atoms with E-state index in [9.17, 15) is 4.79 Å². The van der Waals surface area contributed by atoms with E-state index in [4.69, 9.17) is 4.74 Å². The first-order chi connectivity index (χ1) is 10.8. The minimum Gasteiger partial charge on any atom is -0.497 e. The molecule has 1 amide bonds. The summed E-state index contributed by atoms with van der Waals surface area (Å²) < 4.78 is 5.19. The average Bonchev–Trinajstić information content (AvgIpc) is 3.05. The molecule has 118 valence electrons. The molecule has 1 heterocycles. The van der Waals surface area contributed by atoms with Crippen LogP contribution < -0.4 is 10.1 Å². The fraction of sp³-hybridized carbons (Fsp3) is 0.389. The molecule has 2 aromatic rings. The quantitative estimate of drug-likeness (QED) is 0.714. The Hall–Kier alpha value is -1.81. The van der Waals surface area contributed by atoms with Gasteiger partial charge in [0.1, 0.15) is 5.75 Å². The molecule has 0 saturated heterocycles. The lowest BCUT2D eigenvalue weighted by atomic mass is 10.1. The molecule has 22 heavy (non-hydrogen) atoms. The molecule has 0 fully saturated rings. The van der Waals surface area contributed by atoms with E-state index in [0.29, 0.717) is 13.0 Å². The summed E-state index contributed by atoms with van der Waals surface area (Å²) in [5.41, 5.74) is 1.18. The first-order valence-electron chi connectivity index (χ1n) is 7.70. The zero-order chi connectivity index (χ0) is 15.6. The first-order valence-corrected chi connectivity index (χ1v) is 8.58. The van der Waals surface area contributed by atoms with Crippen LogP contribution in [0.15, 0.2) is 41.8 Å². The highest BCUT2D eigenvalue weighted by molar-refractivity contribution is 7.09. The lowest BCUT2D eigenvalue weighted by Gasteiger charge is -2.06. The number of rotatable bonds is 9. The maximum Gasteiger partial charge on any atom is 0.220 e. The van der Waals surface area contributed by atoms with E-state index >= 15 is 0 Å². The van der Waals surface area contributed by atoms with Crippen molar-refractivity contribution >= 4 is 17.2 Å². The number of methoxy groups -OCH3 is 1. The van der Waals surface area contributed by atoms with Crippen LogP contribution >= 0.6 is 11.3 Å². The number of amides is 1. The van der Waals surface area contributed by atoms with Crippen molar-refractivity contribution < 1.29 is 9.53 Å². The van der Waals surface area contributed by atoms with Gasteiger partial charge in [-0.3, -0.25) is 4.79 Å². The van der Waals surface area contributed by atoms with Gasteiger partial charge in [0.15, 0.2) is 0 Å². The van der Waals surface area contributed by atoms with Crippen molar-refractivity contribution in [3.63, 3.8) is 0 Å². The maximum atomic E-state index is 11.8. The van der Waals surface area contributed by atoms with E-state index in [1.807, 2.05) is 18.2 Å². The Labute approximate surface area is 136 Å². The standard InChI is InChI=1S/C18H23NO2S/c1-21-16-7-4-6-15(14-16)11-12-19-18(20)10-3-2-8-17-9-5-13-22-17/h4-7,9,13-14H,2-3,8,10-12H2,1H3,(H,19,20). The molecule has 1 aromatic heterocycles. The molecule has 0 aliphatic heterocycles. The lowest BCUT2D eigenvalue weighted by Crippen LogP contribution is -2.25. The van der Waals surface area contributed by atoms with Crippen LogP contribution in [0.2, 0.25) is 0 Å². The second kappa shape index (κ2) is 9.26. The van der Waals surface area contributed by atoms with E-state index < -0.39 is 0 Å². The summed E-state index contributed by atoms with van der Waals surface area (Å²) in [7, 11) is 1.66. The lowest BCUT2D eigenvalue weighted by molar-refractivity contribution is -0.121. The number of aryl methyl sites for hydroxylation is 1. The van der Waals surface area contributed by atoms with Crippen molar-refractivity contribution in [2.45, 2.75) is 32.1 Å². The molecule has 2 rings (SSSR count). The highest BCUT2D eigenvalue weighted by Crippen LogP contribution is 2.13. The number of unbranched alkanes of at least 4 members (excludes halogenated alkanes) is 1. The summed E-state index contributed by atoms with van der Waals surface area (Å²) >= 11 is 1.79. The van der Waals surface area contributed by atoms with Crippen molar-refractivity contribution in [2.75, 3.05) is 13.7 Å². The SMILES string of the molecule is COc1cccc(CCNC(=O)CCCCc2cccs2)c1. The number of thiophene rings is 1. The number of hydrogen-bond donors (Lipinski definition) is 1. The van der Waals surface area contributed by atoms with Crippen LogP contribution in [0.5, 0.6) is 5.75 Å². The van der Waals surface area contributed by atoms with Gasteiger partial charge >= 0.3 is 0 Å². The second-order valence-electron chi connectivity index (χ2n) is 5.24. The van der Waals surface area contributed by atoms with Gasteiger partial charge in [0.2, 0.25) is 5.91 Å². The van der Waals surface area contributed by atoms with Gasteiger partial charge < -0.3 is 10.1 Å². The fourth-order valence-corrected chi connectivity index (χ4v) is 3.05. The summed E-state index contributed by atoms with van der Waals surface area (Å²) in [6.07, 6.45) is 4.54. The zero-order valence-electron chi connectivity index (χ0n) is 13.0. The van der Waals surface area contributed by atoms with Gasteiger partial charge in [0, 0.05) is 17.8 Å². The monoisotopic (exact) mass is 317 g/mol. The second-order valence-corrected chi connectivity index (χ2v) is 6.27. The Morgan fingerprint density at radius 2 is 2.09 bits per heavy atom. The van der Waals surface area contributed by atoms with Crippen LogP contribution in [0.25, 0.3) is 0 Å². The van der Waals surface area contributed by atoms with Gasteiger partial charge in [-0.2, -0.15) is 0 Å². The van der Waals surface area contributed by atoms with E-state index in [-0.39, 0.29) is 5.91 Å². The van der Waals surface area contributed by atoms with Gasteiger partial charge in [-0.15, -0.1) is 11.3 Å². The van der Waals surface area contributed by atoms with Gasteiger partial charge in [0.25, 0.3) is 0 Å². The molecule has 0 radical (unpaired) electrons. The topological polar surface area (TPSA) is 38.3 Å². The van der Waals surface area contributed by atoms with E-state index in [1.165, 1.54) is 10.4 Å². The molecule has 4 heteroatoms. The number of ether oxygens (including phenoxy) is 1. The van der Waals surface area contributed by atoms with E-state index in [1.54, 1.807) is 18.4 Å². The van der Waals surface area contributed by atoms with Crippen molar-refractivity contribution in [3.05, 3.63) is 52.2 Å². The van der Waals surface area contributed by atoms with Crippen molar-refractivity contribution in [3.8, 4) is 5.75 Å². The van der Waals surface area contributed by atoms with Gasteiger partial charge in [-0.05, 0) is 54.8 Å². The Morgan fingerprint density at radius 1 is 1.18 bits per heavy atom. The van der Waals surface area contributed by atoms with E-state index in [0.717, 1.165) is 31.4 Å². The maximum absolute atomic E-state index is 11.8. The van der Waals surface area contributed by atoms with Crippen molar-refractivity contribution in [2.24, 2.45) is 0 Å². The summed E-state index contributed by atoms with van der Waals surface area (Å²) in [4.78, 5) is 13.2. The molecule has 0 aliphatic rings. The Kier molecular flexibility index (Phi) is 6.97. The van der Waals surface area contributed by atoms with Crippen LogP contribution in [0, 0.1) is 0 Å². The Balaban J connectivity index is 1.57. The predicted octanol–water partition coefficient (Wildman–Crippen LogP) is 3.83. The zero-order valence-corrected chi connectivity index (χ0v) is 13.8. The molecule has 1 N–H and O–H groups in total. The fourth-order valence-electron chi connectivity index (χ4n) is 2.30. The Bertz CT molecular complexity index is 566. The minimum atomic E-state index is 0.147. The molecule has 0 atom stereocenters. The third-order valence-electron chi connectivity index (χ3n) is 3.53. The Morgan fingerprint density at radius 3 is 2.86 bits per heavy atom. The highest BCUT2D eigenvalue weighted by Gasteiger charge is 2.02. The molecule has 0 aliphatic carbocycles. The van der Waals surface area contributed by atoms with Crippen molar-refractivity contribution in [1.29, 1.82) is 0 Å². The largest absolute Gasteiger partial charge is 0.497 e. The van der Waals surface area contributed by atoms with Gasteiger partial charge in [-0.25, -0.2) is 0 Å². The summed E-state index contributed by atoms with van der Waals surface area (Å²) in [5.74, 6) is 1.01. The normalized spacial score (nSPS) is 10.4. The third kappa shape index (κ3) is 5.90. The molecule has 0 bridgehead atoms. The molecular weight excluding hydrogens is 294 g/mol. The summed E-state index contributed by atoms with van der Waals surface area (Å²) in [6.45, 7) is 0.678. The number of benzene rings is 1. The molecule has 0 saturated carbocycles. The third-order valence-corrected chi connectivity index (χ3v) is 4.46. The smallest absolute Gasteiger partial charge is 0.220 e. The van der Waals surface area contributed by atoms with E-state index in [2.05, 4.69) is 28.9 Å². The molecular formula is C18H23NO2S. The first kappa shape index (κ1) is 16.6. The van der Waals surface area contributed by atoms with Crippen LogP contribution in [0.3, 0.4) is 0 Å². The average molecular weight is 317 g/mol. The number of hydrogen-bond acceptors (Lipinski definition) is 3. The number of nitrogens with one attached hydrogen (secondary N) is 1. The van der Waals surface area contributed by atoms with Crippen LogP contribution in [-0.2, 0) is 17.6 Å². The molecule has 0 unspecified atom stereocenters. The summed E-state index contributed by atoms with van der Waals surface area (Å²) in [6, 6.07) is 12.2. The number of carbonyl (C=O) groups excluding carboxylic acids is 1. The number of carbonyl (C=O) groups is 1. The summed E-state index contributed by atoms with van der Waals surface area (Å²) in [5, 5.41) is 5.08. The molecule has 1 aromatic carbocycles. The highest BCUT2D eigenvalue weighted by atomic mass is 32.1. The molecule has 0 spiro atoms. The van der Waals surface area contributed by atoms with Crippen LogP contribution in [0.4, 0.5) is 0 Å². The van der Waals surface area contributed by atoms with Gasteiger partial charge in [0.05, 0.1) is 7.11 Å². The van der Waals surface area contributed by atoms with Crippen molar-refractivity contribution in [1.82, 2.24) is 5.32 Å². The van der Waals surface area contributed by atoms with Crippen LogP contribution in [-0.4, -0.2) is 19.6 Å².